The van der Waals surface area contributed by atoms with Crippen LogP contribution in [0.5, 0.6) is 0 Å². The third-order valence-corrected chi connectivity index (χ3v) is 9.66. The predicted octanol–water partition coefficient (Wildman–Crippen LogP) is 4.41. The van der Waals surface area contributed by atoms with Crippen LogP contribution in [-0.4, -0.2) is 36.5 Å². The van der Waals surface area contributed by atoms with Gasteiger partial charge in [0.15, 0.2) is 0 Å². The molecule has 4 nitrogen and oxygen atoms in total. The zero-order valence-corrected chi connectivity index (χ0v) is 19.7. The first-order chi connectivity index (χ1) is 14.8. The number of amides is 1. The molecule has 4 aliphatic carbocycles. The number of likely N-dealkylation sites (tertiary alicyclic amines) is 1. The first-order valence-electron chi connectivity index (χ1n) is 12.4. The fourth-order valence-corrected chi connectivity index (χ4v) is 8.68. The maximum atomic E-state index is 13.0. The van der Waals surface area contributed by atoms with E-state index in [1.165, 1.54) is 43.2 Å². The molecule has 4 saturated carbocycles. The molecular weight excluding hydrogens is 406 g/mol. The lowest BCUT2D eigenvalue weighted by molar-refractivity contribution is -0.126. The first-order valence-corrected chi connectivity index (χ1v) is 12.8. The van der Waals surface area contributed by atoms with Crippen molar-refractivity contribution in [2.45, 2.75) is 75.9 Å². The number of carbonyl (C=O) groups excluding carboxylic acids is 1. The van der Waals surface area contributed by atoms with E-state index in [2.05, 4.69) is 41.5 Å². The number of nitrogens with one attached hydrogen (secondary N) is 2. The van der Waals surface area contributed by atoms with Crippen LogP contribution in [0.25, 0.3) is 0 Å². The second-order valence-electron chi connectivity index (χ2n) is 11.8. The Balaban J connectivity index is 1.09. The molecule has 168 valence electrons. The van der Waals surface area contributed by atoms with Gasteiger partial charge in [-0.15, -0.1) is 0 Å². The molecule has 31 heavy (non-hydrogen) atoms. The number of hydrogen-bond acceptors (Lipinski definition) is 3. The van der Waals surface area contributed by atoms with Crippen molar-refractivity contribution in [3.63, 3.8) is 0 Å². The fourth-order valence-electron chi connectivity index (χ4n) is 8.32. The van der Waals surface area contributed by atoms with E-state index in [0.29, 0.717) is 12.6 Å². The molecule has 0 unspecified atom stereocenters. The molecule has 4 bridgehead atoms. The van der Waals surface area contributed by atoms with Gasteiger partial charge in [-0.1, -0.05) is 23.7 Å². The molecule has 2 aliphatic heterocycles. The van der Waals surface area contributed by atoms with Crippen LogP contribution >= 0.6 is 11.6 Å². The summed E-state index contributed by atoms with van der Waals surface area (Å²) in [6.07, 6.45) is 8.87. The molecule has 1 amide bonds. The Hall–Kier alpha value is -1.10. The number of fused-ring (bicyclic) bond motifs is 2. The minimum absolute atomic E-state index is 0.0639. The number of benzene rings is 1. The number of nitrogens with zero attached hydrogens (tertiary/aromatic N) is 1. The Labute approximate surface area is 191 Å². The number of piperidine rings is 1. The highest BCUT2D eigenvalue weighted by molar-refractivity contribution is 6.31. The Morgan fingerprint density at radius 2 is 1.74 bits per heavy atom. The summed E-state index contributed by atoms with van der Waals surface area (Å²) in [5, 5.41) is 8.28. The average molecular weight is 442 g/mol. The minimum Gasteiger partial charge on any atom is -0.352 e. The summed E-state index contributed by atoms with van der Waals surface area (Å²) in [6, 6.07) is 6.75. The molecule has 1 aromatic rings. The van der Waals surface area contributed by atoms with Crippen LogP contribution in [0.2, 0.25) is 5.02 Å². The third-order valence-electron chi connectivity index (χ3n) is 9.35. The van der Waals surface area contributed by atoms with E-state index in [1.54, 1.807) is 0 Å². The molecule has 2 heterocycles. The predicted molar refractivity (Wildman–Crippen MR) is 124 cm³/mol. The summed E-state index contributed by atoms with van der Waals surface area (Å²) in [7, 11) is 0. The van der Waals surface area contributed by atoms with E-state index >= 15 is 0 Å². The SMILES string of the molecule is CC1(C)NC2(CCN(CC(=O)NC3C4CC5CC(C4)CC3C5)CC2)c2c(Cl)cccc21. The maximum absolute atomic E-state index is 13.0. The molecule has 1 spiro atoms. The molecule has 0 atom stereocenters. The zero-order chi connectivity index (χ0) is 21.4. The third kappa shape index (κ3) is 3.36. The minimum atomic E-state index is -0.0702. The van der Waals surface area contributed by atoms with Gasteiger partial charge in [0.25, 0.3) is 0 Å². The lowest BCUT2D eigenvalue weighted by atomic mass is 9.54. The van der Waals surface area contributed by atoms with Crippen LogP contribution in [0.1, 0.15) is 69.9 Å². The molecule has 7 rings (SSSR count). The van der Waals surface area contributed by atoms with Gasteiger partial charge in [-0.3, -0.25) is 15.0 Å². The number of carbonyl (C=O) groups is 1. The molecule has 1 aromatic carbocycles. The largest absolute Gasteiger partial charge is 0.352 e. The first kappa shape index (κ1) is 20.5. The summed E-state index contributed by atoms with van der Waals surface area (Å²) in [6.45, 7) is 6.91. The number of halogens is 1. The molecule has 2 N–H and O–H groups in total. The Kier molecular flexibility index (Phi) is 4.76. The van der Waals surface area contributed by atoms with Gasteiger partial charge < -0.3 is 5.32 Å². The summed E-state index contributed by atoms with van der Waals surface area (Å²) >= 11 is 6.69. The highest BCUT2D eigenvalue weighted by Crippen LogP contribution is 2.54. The second-order valence-corrected chi connectivity index (χ2v) is 12.2. The normalized spacial score (nSPS) is 37.2. The molecule has 0 aromatic heterocycles. The van der Waals surface area contributed by atoms with Crippen molar-refractivity contribution >= 4 is 17.5 Å². The molecule has 5 heteroatoms. The number of rotatable bonds is 3. The molecule has 6 aliphatic rings. The van der Waals surface area contributed by atoms with Gasteiger partial charge in [0, 0.05) is 35.2 Å². The zero-order valence-electron chi connectivity index (χ0n) is 18.9. The van der Waals surface area contributed by atoms with Crippen LogP contribution in [0, 0.1) is 23.7 Å². The lowest BCUT2D eigenvalue weighted by Crippen LogP contribution is -2.58. The van der Waals surface area contributed by atoms with Crippen molar-refractivity contribution in [3.8, 4) is 0 Å². The Bertz CT molecular complexity index is 861. The van der Waals surface area contributed by atoms with Gasteiger partial charge in [-0.25, -0.2) is 0 Å². The summed E-state index contributed by atoms with van der Waals surface area (Å²) in [5.41, 5.74) is 2.48. The van der Waals surface area contributed by atoms with Gasteiger partial charge in [-0.05, 0) is 99.7 Å². The monoisotopic (exact) mass is 441 g/mol. The quantitative estimate of drug-likeness (QED) is 0.730. The highest BCUT2D eigenvalue weighted by Gasteiger charge is 2.50. The van der Waals surface area contributed by atoms with Crippen molar-refractivity contribution in [3.05, 3.63) is 34.3 Å². The summed E-state index contributed by atoms with van der Waals surface area (Å²) < 4.78 is 0. The molecule has 0 radical (unpaired) electrons. The average Bonchev–Trinajstić information content (AvgIpc) is 2.94. The van der Waals surface area contributed by atoms with E-state index in [-0.39, 0.29) is 17.0 Å². The summed E-state index contributed by atoms with van der Waals surface area (Å²) in [5.74, 6) is 3.63. The van der Waals surface area contributed by atoms with E-state index in [0.717, 1.165) is 54.6 Å². The van der Waals surface area contributed by atoms with E-state index in [9.17, 15) is 4.79 Å². The van der Waals surface area contributed by atoms with Gasteiger partial charge in [-0.2, -0.15) is 0 Å². The Morgan fingerprint density at radius 1 is 1.10 bits per heavy atom. The van der Waals surface area contributed by atoms with Crippen LogP contribution in [0.15, 0.2) is 18.2 Å². The standard InChI is InChI=1S/C26H36ClN3O/c1-25(2)20-4-3-5-21(27)23(20)26(29-25)6-8-30(9-7-26)15-22(31)28-24-18-11-16-10-17(13-18)14-19(24)12-16/h3-5,16-19,24,29H,6-15H2,1-2H3,(H,28,31). The van der Waals surface area contributed by atoms with Crippen LogP contribution < -0.4 is 10.6 Å². The van der Waals surface area contributed by atoms with Crippen LogP contribution in [0.4, 0.5) is 0 Å². The van der Waals surface area contributed by atoms with Crippen molar-refractivity contribution in [1.29, 1.82) is 0 Å². The van der Waals surface area contributed by atoms with Crippen molar-refractivity contribution in [2.24, 2.45) is 23.7 Å². The van der Waals surface area contributed by atoms with E-state index in [1.807, 2.05) is 6.07 Å². The van der Waals surface area contributed by atoms with Gasteiger partial charge in [0.05, 0.1) is 6.54 Å². The van der Waals surface area contributed by atoms with Crippen LogP contribution in [0.3, 0.4) is 0 Å². The molecule has 1 saturated heterocycles. The van der Waals surface area contributed by atoms with E-state index < -0.39 is 0 Å². The van der Waals surface area contributed by atoms with E-state index in [4.69, 9.17) is 11.6 Å². The van der Waals surface area contributed by atoms with Crippen molar-refractivity contribution < 1.29 is 4.79 Å². The van der Waals surface area contributed by atoms with Crippen LogP contribution in [-0.2, 0) is 15.9 Å². The van der Waals surface area contributed by atoms with Gasteiger partial charge in [0.2, 0.25) is 5.91 Å². The highest BCUT2D eigenvalue weighted by atomic mass is 35.5. The molecule has 5 fully saturated rings. The van der Waals surface area contributed by atoms with Crippen molar-refractivity contribution in [2.75, 3.05) is 19.6 Å². The van der Waals surface area contributed by atoms with Gasteiger partial charge in [0.1, 0.15) is 0 Å². The second kappa shape index (κ2) is 7.20. The lowest BCUT2D eigenvalue weighted by Gasteiger charge is -2.54. The summed E-state index contributed by atoms with van der Waals surface area (Å²) in [4.78, 5) is 15.3. The smallest absolute Gasteiger partial charge is 0.234 e. The van der Waals surface area contributed by atoms with Crippen molar-refractivity contribution in [1.82, 2.24) is 15.5 Å². The number of hydrogen-bond donors (Lipinski definition) is 2. The topological polar surface area (TPSA) is 44.4 Å². The molecular formula is C26H36ClN3O. The Morgan fingerprint density at radius 3 is 2.39 bits per heavy atom. The van der Waals surface area contributed by atoms with Gasteiger partial charge >= 0.3 is 0 Å². The fraction of sp³-hybridized carbons (Fsp3) is 0.731. The maximum Gasteiger partial charge on any atom is 0.234 e.